The Hall–Kier alpha value is -1.43. The van der Waals surface area contributed by atoms with Gasteiger partial charge < -0.3 is 5.73 Å². The lowest BCUT2D eigenvalue weighted by Crippen LogP contribution is -2.13. The zero-order valence-electron chi connectivity index (χ0n) is 9.92. The summed E-state index contributed by atoms with van der Waals surface area (Å²) in [6, 6.07) is 1.88. The van der Waals surface area contributed by atoms with Crippen molar-refractivity contribution in [3.63, 3.8) is 0 Å². The summed E-state index contributed by atoms with van der Waals surface area (Å²) in [5.41, 5.74) is 6.29. The maximum absolute atomic E-state index is 13.8. The number of aryl methyl sites for hydroxylation is 1. The van der Waals surface area contributed by atoms with Crippen LogP contribution in [0, 0.1) is 18.6 Å². The predicted octanol–water partition coefficient (Wildman–Crippen LogP) is 3.42. The molecular formula is C12H12BrF2N3. The topological polar surface area (TPSA) is 43.8 Å². The molecular weight excluding hydrogens is 304 g/mol. The molecule has 0 spiro atoms. The minimum atomic E-state index is -0.480. The molecule has 1 aromatic carbocycles. The second kappa shape index (κ2) is 4.68. The van der Waals surface area contributed by atoms with Crippen molar-refractivity contribution in [3.05, 3.63) is 45.6 Å². The normalized spacial score (nSPS) is 12.7. The van der Waals surface area contributed by atoms with Gasteiger partial charge in [-0.1, -0.05) is 0 Å². The number of rotatable bonds is 2. The van der Waals surface area contributed by atoms with E-state index in [0.717, 1.165) is 0 Å². The molecule has 1 unspecified atom stereocenters. The zero-order valence-corrected chi connectivity index (χ0v) is 11.5. The lowest BCUT2D eigenvalue weighted by atomic mass is 10.1. The van der Waals surface area contributed by atoms with E-state index in [1.807, 2.05) is 0 Å². The van der Waals surface area contributed by atoms with Gasteiger partial charge in [0.2, 0.25) is 0 Å². The number of nitrogen functional groups attached to an aromatic ring is 1. The Labute approximate surface area is 112 Å². The third-order valence-corrected chi connectivity index (χ3v) is 3.49. The van der Waals surface area contributed by atoms with E-state index >= 15 is 0 Å². The average Bonchev–Trinajstić information content (AvgIpc) is 2.64. The fourth-order valence-electron chi connectivity index (χ4n) is 1.77. The van der Waals surface area contributed by atoms with Crippen LogP contribution in [-0.2, 0) is 0 Å². The van der Waals surface area contributed by atoms with Crippen molar-refractivity contribution in [1.29, 1.82) is 0 Å². The largest absolute Gasteiger partial charge is 0.383 e. The van der Waals surface area contributed by atoms with Gasteiger partial charge in [0.05, 0.1) is 16.7 Å². The van der Waals surface area contributed by atoms with Gasteiger partial charge in [0.15, 0.2) is 0 Å². The monoisotopic (exact) mass is 315 g/mol. The molecule has 1 aromatic heterocycles. The van der Waals surface area contributed by atoms with Gasteiger partial charge >= 0.3 is 0 Å². The molecule has 6 heteroatoms. The van der Waals surface area contributed by atoms with Crippen LogP contribution < -0.4 is 5.73 Å². The third kappa shape index (κ3) is 2.12. The summed E-state index contributed by atoms with van der Waals surface area (Å²) >= 11 is 3.23. The summed E-state index contributed by atoms with van der Waals surface area (Å²) in [5, 5.41) is 4.04. The standard InChI is InChI=1S/C12H12BrF2N3/c1-6-3-11(15)8(4-10(6)14)7(2)18-12(16)9(13)5-17-18/h3-5,7H,16H2,1-2H3. The zero-order chi connectivity index (χ0) is 13.4. The fraction of sp³-hybridized carbons (Fsp3) is 0.250. The molecule has 0 saturated carbocycles. The van der Waals surface area contributed by atoms with Gasteiger partial charge in [0, 0.05) is 5.56 Å². The molecule has 1 atom stereocenters. The molecule has 0 aliphatic rings. The molecule has 0 bridgehead atoms. The number of aromatic nitrogens is 2. The molecule has 2 rings (SSSR count). The molecule has 2 aromatic rings. The van der Waals surface area contributed by atoms with E-state index < -0.39 is 17.7 Å². The van der Waals surface area contributed by atoms with E-state index in [4.69, 9.17) is 5.73 Å². The summed E-state index contributed by atoms with van der Waals surface area (Å²) in [4.78, 5) is 0. The number of halogens is 3. The summed E-state index contributed by atoms with van der Waals surface area (Å²) in [5.74, 6) is -0.529. The number of hydrogen-bond donors (Lipinski definition) is 1. The van der Waals surface area contributed by atoms with Gasteiger partial charge in [-0.2, -0.15) is 5.10 Å². The Kier molecular flexibility index (Phi) is 3.38. The van der Waals surface area contributed by atoms with Gasteiger partial charge in [-0.3, -0.25) is 0 Å². The number of nitrogens with two attached hydrogens (primary N) is 1. The molecule has 2 N–H and O–H groups in total. The smallest absolute Gasteiger partial charge is 0.136 e. The summed E-state index contributed by atoms with van der Waals surface area (Å²) < 4.78 is 29.4. The Morgan fingerprint density at radius 3 is 2.56 bits per heavy atom. The molecule has 1 heterocycles. The minimum Gasteiger partial charge on any atom is -0.383 e. The molecule has 0 fully saturated rings. The second-order valence-electron chi connectivity index (χ2n) is 4.12. The van der Waals surface area contributed by atoms with Crippen LogP contribution in [0.5, 0.6) is 0 Å². The number of nitrogens with zero attached hydrogens (tertiary/aromatic N) is 2. The first-order valence-corrected chi connectivity index (χ1v) is 6.15. The minimum absolute atomic E-state index is 0.223. The molecule has 0 saturated heterocycles. The maximum Gasteiger partial charge on any atom is 0.136 e. The quantitative estimate of drug-likeness (QED) is 0.922. The fourth-order valence-corrected chi connectivity index (χ4v) is 2.05. The highest BCUT2D eigenvalue weighted by molar-refractivity contribution is 9.10. The summed E-state index contributed by atoms with van der Waals surface area (Å²) in [7, 11) is 0. The van der Waals surface area contributed by atoms with Crippen LogP contribution in [0.25, 0.3) is 0 Å². The van der Waals surface area contributed by atoms with Gasteiger partial charge in [0.25, 0.3) is 0 Å². The summed E-state index contributed by atoms with van der Waals surface area (Å²) in [6.45, 7) is 3.23. The number of benzene rings is 1. The molecule has 96 valence electrons. The number of hydrogen-bond acceptors (Lipinski definition) is 2. The van der Waals surface area contributed by atoms with E-state index in [0.29, 0.717) is 10.3 Å². The van der Waals surface area contributed by atoms with E-state index in [1.54, 1.807) is 6.92 Å². The molecule has 0 radical (unpaired) electrons. The highest BCUT2D eigenvalue weighted by atomic mass is 79.9. The highest BCUT2D eigenvalue weighted by Gasteiger charge is 2.18. The van der Waals surface area contributed by atoms with Crippen molar-refractivity contribution < 1.29 is 8.78 Å². The van der Waals surface area contributed by atoms with Crippen molar-refractivity contribution in [3.8, 4) is 0 Å². The van der Waals surface area contributed by atoms with Crippen LogP contribution in [0.1, 0.15) is 24.1 Å². The Morgan fingerprint density at radius 1 is 1.33 bits per heavy atom. The lowest BCUT2D eigenvalue weighted by Gasteiger charge is -2.16. The Balaban J connectivity index is 2.49. The van der Waals surface area contributed by atoms with Crippen molar-refractivity contribution in [2.24, 2.45) is 0 Å². The number of anilines is 1. The average molecular weight is 316 g/mol. The van der Waals surface area contributed by atoms with Gasteiger partial charge in [-0.25, -0.2) is 13.5 Å². The van der Waals surface area contributed by atoms with Crippen LogP contribution in [-0.4, -0.2) is 9.78 Å². The van der Waals surface area contributed by atoms with Crippen molar-refractivity contribution in [2.75, 3.05) is 5.73 Å². The molecule has 0 amide bonds. The maximum atomic E-state index is 13.8. The van der Waals surface area contributed by atoms with E-state index in [1.165, 1.54) is 29.9 Å². The van der Waals surface area contributed by atoms with E-state index in [9.17, 15) is 8.78 Å². The first-order valence-electron chi connectivity index (χ1n) is 5.36. The highest BCUT2D eigenvalue weighted by Crippen LogP contribution is 2.28. The third-order valence-electron chi connectivity index (χ3n) is 2.88. The van der Waals surface area contributed by atoms with Crippen LogP contribution >= 0.6 is 15.9 Å². The molecule has 0 aliphatic carbocycles. The van der Waals surface area contributed by atoms with Crippen LogP contribution in [0.15, 0.2) is 22.8 Å². The van der Waals surface area contributed by atoms with E-state index in [2.05, 4.69) is 21.0 Å². The van der Waals surface area contributed by atoms with Crippen LogP contribution in [0.3, 0.4) is 0 Å². The summed E-state index contributed by atoms with van der Waals surface area (Å²) in [6.07, 6.45) is 1.52. The SMILES string of the molecule is Cc1cc(F)c(C(C)n2ncc(Br)c2N)cc1F. The molecule has 0 aliphatic heterocycles. The lowest BCUT2D eigenvalue weighted by molar-refractivity contribution is 0.515. The molecule has 18 heavy (non-hydrogen) atoms. The van der Waals surface area contributed by atoms with Crippen molar-refractivity contribution in [1.82, 2.24) is 9.78 Å². The molecule has 3 nitrogen and oxygen atoms in total. The Bertz CT molecular complexity index is 595. The predicted molar refractivity (Wildman–Crippen MR) is 69.2 cm³/mol. The van der Waals surface area contributed by atoms with E-state index in [-0.39, 0.29) is 11.1 Å². The van der Waals surface area contributed by atoms with Crippen molar-refractivity contribution in [2.45, 2.75) is 19.9 Å². The van der Waals surface area contributed by atoms with Crippen molar-refractivity contribution >= 4 is 21.7 Å². The van der Waals surface area contributed by atoms with Gasteiger partial charge in [-0.05, 0) is 47.5 Å². The van der Waals surface area contributed by atoms with Crippen LogP contribution in [0.4, 0.5) is 14.6 Å². The van der Waals surface area contributed by atoms with Crippen LogP contribution in [0.2, 0.25) is 0 Å². The first-order chi connectivity index (χ1) is 8.41. The second-order valence-corrected chi connectivity index (χ2v) is 4.98. The first kappa shape index (κ1) is 13.0. The Morgan fingerprint density at radius 2 is 2.00 bits per heavy atom. The van der Waals surface area contributed by atoms with Gasteiger partial charge in [-0.15, -0.1) is 0 Å². The van der Waals surface area contributed by atoms with Gasteiger partial charge in [0.1, 0.15) is 17.5 Å².